The number of nitrogens with two attached hydrogens (primary N) is 1. The third kappa shape index (κ3) is 5.31. The van der Waals surface area contributed by atoms with Gasteiger partial charge in [0.15, 0.2) is 12.4 Å². The summed E-state index contributed by atoms with van der Waals surface area (Å²) in [5.74, 6) is -3.64. The Bertz CT molecular complexity index is 492. The molecule has 1 aromatic rings. The van der Waals surface area contributed by atoms with Crippen LogP contribution in [0, 0.1) is 0 Å². The third-order valence-corrected chi connectivity index (χ3v) is 2.45. The van der Waals surface area contributed by atoms with Gasteiger partial charge in [0.25, 0.3) is 11.8 Å². The second-order valence-electron chi connectivity index (χ2n) is 4.21. The molecule has 0 aliphatic heterocycles. The molecule has 0 saturated carbocycles. The number of hydrogen-bond donors (Lipinski definition) is 2. The van der Waals surface area contributed by atoms with Crippen LogP contribution in [0.1, 0.15) is 17.3 Å². The first-order valence-corrected chi connectivity index (χ1v) is 5.92. The van der Waals surface area contributed by atoms with E-state index < -0.39 is 31.5 Å². The molecule has 1 aromatic carbocycles. The van der Waals surface area contributed by atoms with Crippen molar-refractivity contribution in [1.29, 1.82) is 0 Å². The van der Waals surface area contributed by atoms with Gasteiger partial charge in [0.1, 0.15) is 5.75 Å². The number of rotatable bonds is 7. The van der Waals surface area contributed by atoms with Crippen LogP contribution in [0.2, 0.25) is 0 Å². The van der Waals surface area contributed by atoms with Crippen LogP contribution >= 0.6 is 0 Å². The minimum atomic E-state index is -3.13. The molecular weight excluding hydrogens is 270 g/mol. The Morgan fingerprint density at radius 2 is 2.10 bits per heavy atom. The lowest BCUT2D eigenvalue weighted by molar-refractivity contribution is -0.124. The summed E-state index contributed by atoms with van der Waals surface area (Å²) in [5, 5.41) is 2.02. The Morgan fingerprint density at radius 1 is 1.40 bits per heavy atom. The van der Waals surface area contributed by atoms with Gasteiger partial charge in [-0.3, -0.25) is 9.59 Å². The van der Waals surface area contributed by atoms with E-state index in [0.717, 1.165) is 0 Å². The second kappa shape index (κ2) is 6.95. The van der Waals surface area contributed by atoms with Crippen LogP contribution in [0.4, 0.5) is 8.78 Å². The number of benzene rings is 1. The van der Waals surface area contributed by atoms with E-state index >= 15 is 0 Å². The topological polar surface area (TPSA) is 81.4 Å². The van der Waals surface area contributed by atoms with Gasteiger partial charge in [-0.25, -0.2) is 8.78 Å². The van der Waals surface area contributed by atoms with Crippen molar-refractivity contribution in [3.63, 3.8) is 0 Å². The molecule has 0 aliphatic rings. The fourth-order valence-electron chi connectivity index (χ4n) is 1.30. The average Bonchev–Trinajstić information content (AvgIpc) is 2.43. The standard InChI is InChI=1S/C13H16F2N2O3/c1-9(18)10-3-2-4-11(5-10)20-6-12(19)17-8-13(14,15)7-16/h2-5H,6-8,16H2,1H3,(H,17,19). The van der Waals surface area contributed by atoms with Crippen molar-refractivity contribution in [2.24, 2.45) is 5.73 Å². The summed E-state index contributed by atoms with van der Waals surface area (Å²) in [6.07, 6.45) is 0. The molecule has 0 spiro atoms. The second-order valence-corrected chi connectivity index (χ2v) is 4.21. The van der Waals surface area contributed by atoms with E-state index in [9.17, 15) is 18.4 Å². The van der Waals surface area contributed by atoms with Crippen molar-refractivity contribution in [3.05, 3.63) is 29.8 Å². The Hall–Kier alpha value is -2.02. The zero-order valence-electron chi connectivity index (χ0n) is 11.0. The number of ketones is 1. The van der Waals surface area contributed by atoms with Gasteiger partial charge in [-0.05, 0) is 19.1 Å². The zero-order chi connectivity index (χ0) is 15.2. The quantitative estimate of drug-likeness (QED) is 0.732. The van der Waals surface area contributed by atoms with Crippen LogP contribution < -0.4 is 15.8 Å². The number of amides is 1. The summed E-state index contributed by atoms with van der Waals surface area (Å²) in [5.41, 5.74) is 5.28. The summed E-state index contributed by atoms with van der Waals surface area (Å²) in [7, 11) is 0. The minimum Gasteiger partial charge on any atom is -0.484 e. The van der Waals surface area contributed by atoms with E-state index in [1.807, 2.05) is 5.32 Å². The van der Waals surface area contributed by atoms with Gasteiger partial charge in [0, 0.05) is 5.56 Å². The van der Waals surface area contributed by atoms with E-state index in [1.54, 1.807) is 18.2 Å². The summed E-state index contributed by atoms with van der Waals surface area (Å²) in [4.78, 5) is 22.5. The highest BCUT2D eigenvalue weighted by Crippen LogP contribution is 2.13. The summed E-state index contributed by atoms with van der Waals surface area (Å²) in [6.45, 7) is -0.684. The molecule has 0 aromatic heterocycles. The van der Waals surface area contributed by atoms with Crippen LogP contribution in [-0.2, 0) is 4.79 Å². The smallest absolute Gasteiger partial charge is 0.277 e. The molecule has 3 N–H and O–H groups in total. The summed E-state index contributed by atoms with van der Waals surface area (Å²) >= 11 is 0. The fourth-order valence-corrected chi connectivity index (χ4v) is 1.30. The van der Waals surface area contributed by atoms with E-state index in [2.05, 4.69) is 0 Å². The van der Waals surface area contributed by atoms with Crippen molar-refractivity contribution in [3.8, 4) is 5.75 Å². The molecule has 1 rings (SSSR count). The molecule has 0 unspecified atom stereocenters. The molecule has 0 bridgehead atoms. The normalized spacial score (nSPS) is 11.0. The lowest BCUT2D eigenvalue weighted by Gasteiger charge is -2.14. The number of hydrogen-bond acceptors (Lipinski definition) is 4. The van der Waals surface area contributed by atoms with Crippen molar-refractivity contribution in [2.75, 3.05) is 19.7 Å². The first kappa shape index (κ1) is 16.0. The van der Waals surface area contributed by atoms with Crippen molar-refractivity contribution in [2.45, 2.75) is 12.8 Å². The SMILES string of the molecule is CC(=O)c1cccc(OCC(=O)NCC(F)(F)CN)c1. The molecular formula is C13H16F2N2O3. The van der Waals surface area contributed by atoms with E-state index in [1.165, 1.54) is 13.0 Å². The first-order chi connectivity index (χ1) is 9.34. The maximum absolute atomic E-state index is 12.8. The van der Waals surface area contributed by atoms with Gasteiger partial charge in [0.05, 0.1) is 13.1 Å². The predicted octanol–water partition coefficient (Wildman–Crippen LogP) is 0.978. The molecule has 110 valence electrons. The van der Waals surface area contributed by atoms with Crippen LogP contribution in [0.3, 0.4) is 0 Å². The molecule has 20 heavy (non-hydrogen) atoms. The summed E-state index contributed by atoms with van der Waals surface area (Å²) < 4.78 is 30.7. The highest BCUT2D eigenvalue weighted by atomic mass is 19.3. The van der Waals surface area contributed by atoms with Crippen molar-refractivity contribution < 1.29 is 23.1 Å². The number of Topliss-reactive ketones (excluding diaryl/α,β-unsaturated/α-hetero) is 1. The number of carbonyl (C=O) groups excluding carboxylic acids is 2. The fraction of sp³-hybridized carbons (Fsp3) is 0.385. The summed E-state index contributed by atoms with van der Waals surface area (Å²) in [6, 6.07) is 6.25. The van der Waals surface area contributed by atoms with E-state index in [4.69, 9.17) is 10.5 Å². The van der Waals surface area contributed by atoms with E-state index in [-0.39, 0.29) is 5.78 Å². The Balaban J connectivity index is 2.45. The van der Waals surface area contributed by atoms with Gasteiger partial charge in [0.2, 0.25) is 0 Å². The van der Waals surface area contributed by atoms with Crippen molar-refractivity contribution in [1.82, 2.24) is 5.32 Å². The number of nitrogens with one attached hydrogen (secondary N) is 1. The zero-order valence-corrected chi connectivity index (χ0v) is 11.0. The van der Waals surface area contributed by atoms with Crippen LogP contribution in [0.15, 0.2) is 24.3 Å². The highest BCUT2D eigenvalue weighted by molar-refractivity contribution is 5.94. The number of alkyl halides is 2. The van der Waals surface area contributed by atoms with Gasteiger partial charge in [-0.1, -0.05) is 12.1 Å². The Kier molecular flexibility index (Phi) is 5.57. The lowest BCUT2D eigenvalue weighted by Crippen LogP contribution is -2.43. The molecule has 0 fully saturated rings. The Morgan fingerprint density at radius 3 is 2.70 bits per heavy atom. The number of carbonyl (C=O) groups is 2. The largest absolute Gasteiger partial charge is 0.484 e. The van der Waals surface area contributed by atoms with E-state index in [0.29, 0.717) is 11.3 Å². The van der Waals surface area contributed by atoms with Gasteiger partial charge < -0.3 is 15.8 Å². The van der Waals surface area contributed by atoms with Crippen LogP contribution in [-0.4, -0.2) is 37.3 Å². The maximum Gasteiger partial charge on any atom is 0.277 e. The molecule has 1 amide bonds. The first-order valence-electron chi connectivity index (χ1n) is 5.92. The number of ether oxygens (including phenoxy) is 1. The van der Waals surface area contributed by atoms with Gasteiger partial charge in [-0.15, -0.1) is 0 Å². The lowest BCUT2D eigenvalue weighted by atomic mass is 10.1. The van der Waals surface area contributed by atoms with Gasteiger partial charge >= 0.3 is 0 Å². The molecule has 0 atom stereocenters. The molecule has 0 heterocycles. The van der Waals surface area contributed by atoms with Crippen LogP contribution in [0.5, 0.6) is 5.75 Å². The van der Waals surface area contributed by atoms with Crippen LogP contribution in [0.25, 0.3) is 0 Å². The van der Waals surface area contributed by atoms with Gasteiger partial charge in [-0.2, -0.15) is 0 Å². The molecule has 0 saturated heterocycles. The average molecular weight is 286 g/mol. The highest BCUT2D eigenvalue weighted by Gasteiger charge is 2.27. The predicted molar refractivity (Wildman–Crippen MR) is 69.0 cm³/mol. The Labute approximate surface area is 115 Å². The maximum atomic E-state index is 12.8. The monoisotopic (exact) mass is 286 g/mol. The third-order valence-electron chi connectivity index (χ3n) is 2.45. The number of halogens is 2. The molecule has 7 heteroatoms. The van der Waals surface area contributed by atoms with Crippen molar-refractivity contribution >= 4 is 11.7 Å². The molecule has 0 radical (unpaired) electrons. The molecule has 5 nitrogen and oxygen atoms in total. The molecule has 0 aliphatic carbocycles. The minimum absolute atomic E-state index is 0.137.